The number of amides is 1. The number of hydrogen-bond acceptors (Lipinski definition) is 4. The van der Waals surface area contributed by atoms with Gasteiger partial charge in [-0.25, -0.2) is 0 Å². The number of piperazine rings is 1. The number of hydrogen-bond donors (Lipinski definition) is 1. The Balaban J connectivity index is 1.32. The molecular formula is C26H35ClN4O. The zero-order valence-electron chi connectivity index (χ0n) is 19.4. The van der Waals surface area contributed by atoms with Gasteiger partial charge in [-0.3, -0.25) is 14.6 Å². The molecule has 2 aromatic carbocycles. The van der Waals surface area contributed by atoms with Gasteiger partial charge in [-0.05, 0) is 51.3 Å². The van der Waals surface area contributed by atoms with Crippen LogP contribution >= 0.6 is 11.6 Å². The Labute approximate surface area is 197 Å². The van der Waals surface area contributed by atoms with Crippen molar-refractivity contribution < 1.29 is 4.79 Å². The van der Waals surface area contributed by atoms with E-state index in [-0.39, 0.29) is 5.91 Å². The van der Waals surface area contributed by atoms with Gasteiger partial charge >= 0.3 is 0 Å². The van der Waals surface area contributed by atoms with E-state index in [1.165, 1.54) is 11.1 Å². The van der Waals surface area contributed by atoms with Crippen LogP contribution in [0, 0.1) is 6.92 Å². The predicted molar refractivity (Wildman–Crippen MR) is 132 cm³/mol. The normalized spacial score (nSPS) is 22.1. The summed E-state index contributed by atoms with van der Waals surface area (Å²) in [6, 6.07) is 15.6. The van der Waals surface area contributed by atoms with Crippen molar-refractivity contribution in [3.8, 4) is 0 Å². The zero-order valence-corrected chi connectivity index (χ0v) is 20.2. The van der Waals surface area contributed by atoms with E-state index in [0.717, 1.165) is 45.6 Å². The third-order valence-corrected chi connectivity index (χ3v) is 7.61. The zero-order chi connectivity index (χ0) is 22.8. The highest BCUT2D eigenvalue weighted by Gasteiger charge is 2.34. The van der Waals surface area contributed by atoms with Crippen molar-refractivity contribution in [1.29, 1.82) is 0 Å². The third-order valence-electron chi connectivity index (χ3n) is 7.30. The highest BCUT2D eigenvalue weighted by Crippen LogP contribution is 2.29. The van der Waals surface area contributed by atoms with Crippen molar-refractivity contribution in [2.75, 3.05) is 38.5 Å². The fraction of sp³-hybridized carbons (Fsp3) is 0.500. The second-order valence-electron chi connectivity index (χ2n) is 9.40. The van der Waals surface area contributed by atoms with Crippen LogP contribution in [0.3, 0.4) is 0 Å². The van der Waals surface area contributed by atoms with Gasteiger partial charge in [0.2, 0.25) is 0 Å². The molecule has 2 aromatic rings. The van der Waals surface area contributed by atoms with Crippen LogP contribution < -0.4 is 5.73 Å². The van der Waals surface area contributed by atoms with Gasteiger partial charge in [0.05, 0.1) is 10.6 Å². The van der Waals surface area contributed by atoms with E-state index in [4.69, 9.17) is 17.3 Å². The molecule has 0 unspecified atom stereocenters. The maximum absolute atomic E-state index is 13.0. The molecule has 32 heavy (non-hydrogen) atoms. The summed E-state index contributed by atoms with van der Waals surface area (Å²) in [6.45, 7) is 11.5. The second-order valence-corrected chi connectivity index (χ2v) is 9.80. The number of anilines is 1. The minimum Gasteiger partial charge on any atom is -0.398 e. The Kier molecular flexibility index (Phi) is 7.08. The molecule has 172 valence electrons. The number of benzene rings is 2. The van der Waals surface area contributed by atoms with Crippen LogP contribution in [-0.4, -0.2) is 65.4 Å². The molecule has 0 saturated carbocycles. The van der Waals surface area contributed by atoms with E-state index >= 15 is 0 Å². The molecule has 2 aliphatic heterocycles. The molecule has 2 saturated heterocycles. The number of likely N-dealkylation sites (tertiary alicyclic amines) is 1. The standard InChI is InChI=1S/C26H35ClN4O/c1-18-7-9-21(10-8-18)20(3)31-16-15-30(17-19(31)2)22-11-13-29(14-12-22)26(32)25-23(27)5-4-6-24(25)28/h4-10,19-20,22H,11-17,28H2,1-3H3/t19-,20-/m0/s1. The van der Waals surface area contributed by atoms with Gasteiger partial charge in [0, 0.05) is 56.5 Å². The molecule has 0 aliphatic carbocycles. The first-order valence-corrected chi connectivity index (χ1v) is 12.1. The van der Waals surface area contributed by atoms with E-state index in [1.54, 1.807) is 18.2 Å². The number of carbonyl (C=O) groups is 1. The first-order valence-electron chi connectivity index (χ1n) is 11.7. The average molecular weight is 455 g/mol. The average Bonchev–Trinajstić information content (AvgIpc) is 2.79. The molecular weight excluding hydrogens is 420 g/mol. The monoisotopic (exact) mass is 454 g/mol. The highest BCUT2D eigenvalue weighted by molar-refractivity contribution is 6.34. The Hall–Kier alpha value is -2.08. The van der Waals surface area contributed by atoms with E-state index in [9.17, 15) is 4.79 Å². The molecule has 2 N–H and O–H groups in total. The summed E-state index contributed by atoms with van der Waals surface area (Å²) in [5, 5.41) is 0.435. The molecule has 5 nitrogen and oxygen atoms in total. The molecule has 2 atom stereocenters. The van der Waals surface area contributed by atoms with Gasteiger partial charge < -0.3 is 10.6 Å². The number of rotatable bonds is 4. The molecule has 0 radical (unpaired) electrons. The molecule has 2 fully saturated rings. The number of nitrogens with two attached hydrogens (primary N) is 1. The lowest BCUT2D eigenvalue weighted by Gasteiger charge is -2.47. The lowest BCUT2D eigenvalue weighted by molar-refractivity contribution is 0.0135. The summed E-state index contributed by atoms with van der Waals surface area (Å²) in [6.07, 6.45) is 1.99. The van der Waals surface area contributed by atoms with E-state index in [2.05, 4.69) is 54.8 Å². The molecule has 0 bridgehead atoms. The summed E-state index contributed by atoms with van der Waals surface area (Å²) in [7, 11) is 0. The van der Waals surface area contributed by atoms with Crippen LogP contribution in [-0.2, 0) is 0 Å². The molecule has 0 aromatic heterocycles. The van der Waals surface area contributed by atoms with Crippen LogP contribution in [0.5, 0.6) is 0 Å². The van der Waals surface area contributed by atoms with Crippen LogP contribution in [0.1, 0.15) is 54.2 Å². The van der Waals surface area contributed by atoms with Crippen molar-refractivity contribution >= 4 is 23.2 Å². The number of halogens is 1. The van der Waals surface area contributed by atoms with Gasteiger partial charge in [-0.2, -0.15) is 0 Å². The summed E-state index contributed by atoms with van der Waals surface area (Å²) in [4.78, 5) is 20.2. The van der Waals surface area contributed by atoms with Crippen molar-refractivity contribution in [1.82, 2.24) is 14.7 Å². The fourth-order valence-corrected chi connectivity index (χ4v) is 5.56. The van der Waals surface area contributed by atoms with Crippen LogP contribution in [0.15, 0.2) is 42.5 Å². The minimum absolute atomic E-state index is 0.0448. The quantitative estimate of drug-likeness (QED) is 0.686. The summed E-state index contributed by atoms with van der Waals surface area (Å²) >= 11 is 6.26. The van der Waals surface area contributed by atoms with Crippen molar-refractivity contribution in [3.63, 3.8) is 0 Å². The van der Waals surface area contributed by atoms with Gasteiger partial charge in [0.15, 0.2) is 0 Å². The van der Waals surface area contributed by atoms with Gasteiger partial charge in [0.1, 0.15) is 0 Å². The second kappa shape index (κ2) is 9.82. The Morgan fingerprint density at radius 2 is 1.75 bits per heavy atom. The Morgan fingerprint density at radius 3 is 2.38 bits per heavy atom. The first kappa shape index (κ1) is 23.1. The smallest absolute Gasteiger partial charge is 0.257 e. The maximum Gasteiger partial charge on any atom is 0.257 e. The van der Waals surface area contributed by atoms with Crippen LogP contribution in [0.25, 0.3) is 0 Å². The number of nitrogens with zero attached hydrogens (tertiary/aromatic N) is 3. The summed E-state index contributed by atoms with van der Waals surface area (Å²) in [5.74, 6) is -0.0448. The maximum atomic E-state index is 13.0. The fourth-order valence-electron chi connectivity index (χ4n) is 5.30. The van der Waals surface area contributed by atoms with Gasteiger partial charge in [-0.1, -0.05) is 47.5 Å². The van der Waals surface area contributed by atoms with Crippen LogP contribution in [0.2, 0.25) is 5.02 Å². The Morgan fingerprint density at radius 1 is 1.06 bits per heavy atom. The van der Waals surface area contributed by atoms with E-state index in [1.807, 2.05) is 4.90 Å². The Bertz CT molecular complexity index is 919. The number of nitrogen functional groups attached to an aromatic ring is 1. The van der Waals surface area contributed by atoms with Crippen molar-refractivity contribution in [2.24, 2.45) is 0 Å². The molecule has 0 spiro atoms. The topological polar surface area (TPSA) is 52.8 Å². The molecule has 2 heterocycles. The first-order chi connectivity index (χ1) is 15.3. The minimum atomic E-state index is -0.0448. The van der Waals surface area contributed by atoms with Gasteiger partial charge in [-0.15, -0.1) is 0 Å². The van der Waals surface area contributed by atoms with Gasteiger partial charge in [0.25, 0.3) is 5.91 Å². The number of aryl methyl sites for hydroxylation is 1. The predicted octanol–water partition coefficient (Wildman–Crippen LogP) is 4.60. The SMILES string of the molecule is Cc1ccc([C@H](C)N2CCN(C3CCN(C(=O)c4c(N)cccc4Cl)CC3)C[C@@H]2C)cc1. The molecule has 1 amide bonds. The molecule has 4 rings (SSSR count). The largest absolute Gasteiger partial charge is 0.398 e. The van der Waals surface area contributed by atoms with E-state index in [0.29, 0.717) is 34.4 Å². The molecule has 2 aliphatic rings. The number of piperidine rings is 1. The van der Waals surface area contributed by atoms with E-state index < -0.39 is 0 Å². The highest BCUT2D eigenvalue weighted by atomic mass is 35.5. The molecule has 6 heteroatoms. The number of carbonyl (C=O) groups excluding carboxylic acids is 1. The van der Waals surface area contributed by atoms with Crippen molar-refractivity contribution in [2.45, 2.75) is 51.7 Å². The lowest BCUT2D eigenvalue weighted by atomic mass is 9.98. The van der Waals surface area contributed by atoms with Crippen molar-refractivity contribution in [3.05, 3.63) is 64.2 Å². The summed E-state index contributed by atoms with van der Waals surface area (Å²) in [5.41, 5.74) is 9.63. The summed E-state index contributed by atoms with van der Waals surface area (Å²) < 4.78 is 0. The van der Waals surface area contributed by atoms with Crippen LogP contribution in [0.4, 0.5) is 5.69 Å². The third kappa shape index (κ3) is 4.80. The lowest BCUT2D eigenvalue weighted by Crippen LogP contribution is -2.57.